The van der Waals surface area contributed by atoms with Crippen molar-refractivity contribution in [2.75, 3.05) is 11.5 Å². The smallest absolute Gasteiger partial charge is 0.230 e. The quantitative estimate of drug-likeness (QED) is 0.814. The van der Waals surface area contributed by atoms with Crippen molar-refractivity contribution in [1.29, 1.82) is 5.26 Å². The van der Waals surface area contributed by atoms with Gasteiger partial charge in [0.1, 0.15) is 0 Å². The molecule has 90 valence electrons. The van der Waals surface area contributed by atoms with Crippen molar-refractivity contribution in [3.05, 3.63) is 35.4 Å². The lowest BCUT2D eigenvalue weighted by Crippen LogP contribution is -2.28. The minimum absolute atomic E-state index is 0.00591. The zero-order chi connectivity index (χ0) is 12.7. The van der Waals surface area contributed by atoms with Crippen LogP contribution in [0.5, 0.6) is 0 Å². The van der Waals surface area contributed by atoms with Crippen molar-refractivity contribution in [3.63, 3.8) is 0 Å². The number of nitrogens with one attached hydrogen (secondary N) is 1. The van der Waals surface area contributed by atoms with Crippen molar-refractivity contribution in [3.8, 4) is 6.07 Å². The number of nitriles is 1. The molecule has 0 fully saturated rings. The molecular formula is C13H16N2OS. The third kappa shape index (κ3) is 4.49. The van der Waals surface area contributed by atoms with Crippen molar-refractivity contribution in [2.45, 2.75) is 19.9 Å². The Bertz CT molecular complexity index is 426. The number of nitrogens with zero attached hydrogens (tertiary/aromatic N) is 1. The molecule has 1 aromatic carbocycles. The predicted molar refractivity (Wildman–Crippen MR) is 70.7 cm³/mol. The molecule has 0 unspecified atom stereocenters. The third-order valence-electron chi connectivity index (χ3n) is 2.43. The maximum Gasteiger partial charge on any atom is 0.230 e. The number of amides is 1. The second kappa shape index (κ2) is 6.97. The molecule has 0 spiro atoms. The fraction of sp³-hybridized carbons (Fsp3) is 0.385. The van der Waals surface area contributed by atoms with Crippen LogP contribution < -0.4 is 5.32 Å². The lowest BCUT2D eigenvalue weighted by atomic mass is 10.0. The Balaban J connectivity index is 2.50. The van der Waals surface area contributed by atoms with Gasteiger partial charge in [0, 0.05) is 0 Å². The molecule has 0 heterocycles. The van der Waals surface area contributed by atoms with E-state index in [2.05, 4.69) is 5.32 Å². The highest BCUT2D eigenvalue weighted by Crippen LogP contribution is 2.16. The Morgan fingerprint density at radius 1 is 1.53 bits per heavy atom. The minimum atomic E-state index is -0.0268. The first-order valence-corrected chi connectivity index (χ1v) is 6.60. The van der Waals surface area contributed by atoms with Crippen LogP contribution in [0.2, 0.25) is 0 Å². The van der Waals surface area contributed by atoms with Crippen LogP contribution in [0.4, 0.5) is 0 Å². The number of aryl methyl sites for hydroxylation is 1. The van der Waals surface area contributed by atoms with E-state index in [1.165, 1.54) is 17.3 Å². The van der Waals surface area contributed by atoms with Gasteiger partial charge < -0.3 is 5.32 Å². The van der Waals surface area contributed by atoms with E-state index in [0.29, 0.717) is 11.5 Å². The molecule has 0 saturated heterocycles. The Kier molecular flexibility index (Phi) is 5.58. The van der Waals surface area contributed by atoms with Crippen LogP contribution in [0.3, 0.4) is 0 Å². The van der Waals surface area contributed by atoms with Crippen molar-refractivity contribution >= 4 is 17.7 Å². The number of carbonyl (C=O) groups excluding carboxylic acids is 1. The van der Waals surface area contributed by atoms with Crippen LogP contribution in [-0.4, -0.2) is 17.4 Å². The van der Waals surface area contributed by atoms with Crippen LogP contribution in [-0.2, 0) is 4.79 Å². The van der Waals surface area contributed by atoms with E-state index >= 15 is 0 Å². The standard InChI is InChI=1S/C13H16N2OS/c1-10-5-3-4-6-12(10)11(2)15-13(16)9-17-8-7-14/h3-6,11H,8-9H2,1-2H3,(H,15,16)/t11-/m1/s1. The average Bonchev–Trinajstić information content (AvgIpc) is 2.29. The molecule has 0 aliphatic heterocycles. The second-order valence-electron chi connectivity index (χ2n) is 3.80. The van der Waals surface area contributed by atoms with Crippen molar-refractivity contribution in [1.82, 2.24) is 5.32 Å². The van der Waals surface area contributed by atoms with Gasteiger partial charge in [0.15, 0.2) is 0 Å². The van der Waals surface area contributed by atoms with E-state index in [-0.39, 0.29) is 11.9 Å². The van der Waals surface area contributed by atoms with Gasteiger partial charge in [-0.1, -0.05) is 24.3 Å². The highest BCUT2D eigenvalue weighted by Gasteiger charge is 2.10. The molecule has 3 nitrogen and oxygen atoms in total. The summed E-state index contributed by atoms with van der Waals surface area (Å²) < 4.78 is 0. The Hall–Kier alpha value is -1.47. The largest absolute Gasteiger partial charge is 0.349 e. The molecule has 0 bridgehead atoms. The van der Waals surface area contributed by atoms with Crippen LogP contribution >= 0.6 is 11.8 Å². The maximum atomic E-state index is 11.6. The number of rotatable bonds is 5. The predicted octanol–water partition coefficient (Wildman–Crippen LogP) is 2.43. The molecular weight excluding hydrogens is 232 g/mol. The van der Waals surface area contributed by atoms with E-state index in [0.717, 1.165) is 5.56 Å². The van der Waals surface area contributed by atoms with Gasteiger partial charge in [-0.05, 0) is 25.0 Å². The first kappa shape index (κ1) is 13.6. The lowest BCUT2D eigenvalue weighted by Gasteiger charge is -2.16. The van der Waals surface area contributed by atoms with Crippen molar-refractivity contribution in [2.24, 2.45) is 0 Å². The zero-order valence-electron chi connectivity index (χ0n) is 10.1. The van der Waals surface area contributed by atoms with Gasteiger partial charge in [-0.15, -0.1) is 11.8 Å². The summed E-state index contributed by atoms with van der Waals surface area (Å²) in [4.78, 5) is 11.6. The molecule has 1 N–H and O–H groups in total. The number of carbonyl (C=O) groups is 1. The first-order chi connectivity index (χ1) is 8.15. The summed E-state index contributed by atoms with van der Waals surface area (Å²) >= 11 is 1.33. The second-order valence-corrected chi connectivity index (χ2v) is 4.78. The Morgan fingerprint density at radius 3 is 2.88 bits per heavy atom. The molecule has 1 aromatic rings. The van der Waals surface area contributed by atoms with Crippen LogP contribution in [0, 0.1) is 18.3 Å². The summed E-state index contributed by atoms with van der Waals surface area (Å²) in [7, 11) is 0. The maximum absolute atomic E-state index is 11.6. The van der Waals surface area contributed by atoms with Crippen LogP contribution in [0.1, 0.15) is 24.1 Å². The van der Waals surface area contributed by atoms with Gasteiger partial charge in [-0.25, -0.2) is 0 Å². The van der Waals surface area contributed by atoms with Gasteiger partial charge in [0.25, 0.3) is 0 Å². The van der Waals surface area contributed by atoms with E-state index in [1.807, 2.05) is 44.2 Å². The summed E-state index contributed by atoms with van der Waals surface area (Å²) in [5.74, 6) is 0.664. The van der Waals surface area contributed by atoms with E-state index in [4.69, 9.17) is 5.26 Å². The van der Waals surface area contributed by atoms with Gasteiger partial charge in [0.05, 0.1) is 23.6 Å². The number of hydrogen-bond acceptors (Lipinski definition) is 3. The summed E-state index contributed by atoms with van der Waals surface area (Å²) in [5, 5.41) is 11.3. The number of thioether (sulfide) groups is 1. The molecule has 17 heavy (non-hydrogen) atoms. The van der Waals surface area contributed by atoms with E-state index < -0.39 is 0 Å². The topological polar surface area (TPSA) is 52.9 Å². The highest BCUT2D eigenvalue weighted by atomic mass is 32.2. The fourth-order valence-electron chi connectivity index (χ4n) is 1.62. The SMILES string of the molecule is Cc1ccccc1[C@@H](C)NC(=O)CSCC#N. The molecule has 4 heteroatoms. The third-order valence-corrected chi connectivity index (χ3v) is 3.23. The molecule has 0 saturated carbocycles. The van der Waals surface area contributed by atoms with Gasteiger partial charge in [-0.2, -0.15) is 5.26 Å². The van der Waals surface area contributed by atoms with Gasteiger partial charge in [-0.3, -0.25) is 4.79 Å². The molecule has 1 amide bonds. The minimum Gasteiger partial charge on any atom is -0.349 e. The first-order valence-electron chi connectivity index (χ1n) is 5.44. The molecule has 1 rings (SSSR count). The summed E-state index contributed by atoms with van der Waals surface area (Å²) in [6, 6.07) is 10.0. The summed E-state index contributed by atoms with van der Waals surface area (Å²) in [6.07, 6.45) is 0. The normalized spacial score (nSPS) is 11.6. The average molecular weight is 248 g/mol. The summed E-state index contributed by atoms with van der Waals surface area (Å²) in [5.41, 5.74) is 2.30. The monoisotopic (exact) mass is 248 g/mol. The molecule has 0 radical (unpaired) electrons. The Morgan fingerprint density at radius 2 is 2.24 bits per heavy atom. The van der Waals surface area contributed by atoms with E-state index in [1.54, 1.807) is 0 Å². The molecule has 1 atom stereocenters. The van der Waals surface area contributed by atoms with Crippen LogP contribution in [0.25, 0.3) is 0 Å². The zero-order valence-corrected chi connectivity index (χ0v) is 10.9. The highest BCUT2D eigenvalue weighted by molar-refractivity contribution is 8.00. The number of benzene rings is 1. The van der Waals surface area contributed by atoms with Gasteiger partial charge in [0.2, 0.25) is 5.91 Å². The summed E-state index contributed by atoms with van der Waals surface area (Å²) in [6.45, 7) is 4.00. The van der Waals surface area contributed by atoms with Gasteiger partial charge >= 0.3 is 0 Å². The Labute approximate surface area is 106 Å². The number of hydrogen-bond donors (Lipinski definition) is 1. The van der Waals surface area contributed by atoms with Crippen LogP contribution in [0.15, 0.2) is 24.3 Å². The van der Waals surface area contributed by atoms with E-state index in [9.17, 15) is 4.79 Å². The molecule has 0 aromatic heterocycles. The fourth-order valence-corrected chi connectivity index (χ4v) is 2.08. The lowest BCUT2D eigenvalue weighted by molar-refractivity contribution is -0.119. The van der Waals surface area contributed by atoms with Crippen molar-refractivity contribution < 1.29 is 4.79 Å². The molecule has 0 aliphatic rings. The molecule has 0 aliphatic carbocycles.